The van der Waals surface area contributed by atoms with E-state index in [1.165, 1.54) is 29.5 Å². The molecule has 11 heteroatoms. The first-order chi connectivity index (χ1) is 14.9. The number of aromatic nitrogens is 1. The summed E-state index contributed by atoms with van der Waals surface area (Å²) in [5, 5.41) is 12.3. The Morgan fingerprint density at radius 3 is 2.75 bits per heavy atom. The highest BCUT2D eigenvalue weighted by Gasteiger charge is 2.25. The summed E-state index contributed by atoms with van der Waals surface area (Å²) < 4.78 is 6.22. The Morgan fingerprint density at radius 1 is 1.31 bits per heavy atom. The summed E-state index contributed by atoms with van der Waals surface area (Å²) in [5.41, 5.74) is 1.86. The number of aryl methyl sites for hydroxylation is 1. The number of hydrogen-bond acceptors (Lipinski definition) is 7. The fourth-order valence-electron chi connectivity index (χ4n) is 3.46. The molecule has 2 heterocycles. The van der Waals surface area contributed by atoms with Crippen molar-refractivity contribution in [2.24, 2.45) is 0 Å². The lowest BCUT2D eigenvalue weighted by molar-refractivity contribution is -0.384. The second-order valence-electron chi connectivity index (χ2n) is 7.26. The Morgan fingerprint density at radius 2 is 2.06 bits per heavy atom. The van der Waals surface area contributed by atoms with Gasteiger partial charge < -0.3 is 4.74 Å². The number of nitro benzene ring substituents is 1. The monoisotopic (exact) mass is 496 g/mol. The molecule has 0 unspecified atom stereocenters. The number of non-ortho nitro benzene ring substituents is 1. The summed E-state index contributed by atoms with van der Waals surface area (Å²) in [4.78, 5) is 32.6. The van der Waals surface area contributed by atoms with Gasteiger partial charge in [-0.15, -0.1) is 12.4 Å². The third-order valence-electron chi connectivity index (χ3n) is 5.21. The summed E-state index contributed by atoms with van der Waals surface area (Å²) in [7, 11) is 0. The molecule has 1 fully saturated rings. The molecule has 32 heavy (non-hydrogen) atoms. The fourth-order valence-corrected chi connectivity index (χ4v) is 4.81. The topological polar surface area (TPSA) is 88.8 Å². The SMILES string of the molecule is Cc1ccc(Cl)c2sc(N(CCN3CCOCC3)C(=O)c3cccc([N+](=O)[O-])c3)nc12.Cl. The number of morpholine rings is 1. The third-order valence-corrected chi connectivity index (χ3v) is 6.75. The summed E-state index contributed by atoms with van der Waals surface area (Å²) in [5.74, 6) is -0.329. The van der Waals surface area contributed by atoms with Gasteiger partial charge in [-0.3, -0.25) is 24.7 Å². The molecule has 170 valence electrons. The average Bonchev–Trinajstić information content (AvgIpc) is 3.24. The smallest absolute Gasteiger partial charge is 0.270 e. The maximum absolute atomic E-state index is 13.4. The van der Waals surface area contributed by atoms with Gasteiger partial charge in [0.2, 0.25) is 0 Å². The minimum Gasteiger partial charge on any atom is -0.379 e. The quantitative estimate of drug-likeness (QED) is 0.366. The number of ether oxygens (including phenoxy) is 1. The van der Waals surface area contributed by atoms with Crippen LogP contribution in [0.3, 0.4) is 0 Å². The van der Waals surface area contributed by atoms with Crippen LogP contribution in [0.2, 0.25) is 5.02 Å². The molecule has 0 saturated carbocycles. The van der Waals surface area contributed by atoms with Gasteiger partial charge in [-0.05, 0) is 24.6 Å². The Hall–Kier alpha value is -2.30. The molecule has 0 spiro atoms. The van der Waals surface area contributed by atoms with Crippen molar-refractivity contribution in [3.05, 3.63) is 62.7 Å². The van der Waals surface area contributed by atoms with E-state index in [4.69, 9.17) is 21.3 Å². The lowest BCUT2D eigenvalue weighted by Gasteiger charge is -2.29. The lowest BCUT2D eigenvalue weighted by atomic mass is 10.2. The maximum Gasteiger partial charge on any atom is 0.270 e. The number of rotatable bonds is 6. The zero-order chi connectivity index (χ0) is 22.0. The molecular formula is C21H22Cl2N4O4S. The van der Waals surface area contributed by atoms with Crippen LogP contribution in [-0.4, -0.2) is 60.1 Å². The second kappa shape index (κ2) is 10.5. The van der Waals surface area contributed by atoms with Gasteiger partial charge in [-0.2, -0.15) is 0 Å². The van der Waals surface area contributed by atoms with Crippen molar-refractivity contribution in [1.29, 1.82) is 0 Å². The number of anilines is 1. The number of nitro groups is 1. The van der Waals surface area contributed by atoms with Gasteiger partial charge in [0.25, 0.3) is 11.6 Å². The third kappa shape index (κ3) is 5.19. The number of carbonyl (C=O) groups excluding carboxylic acids is 1. The number of benzene rings is 2. The van der Waals surface area contributed by atoms with E-state index in [0.29, 0.717) is 36.5 Å². The number of halogens is 2. The first-order valence-electron chi connectivity index (χ1n) is 9.86. The van der Waals surface area contributed by atoms with Crippen LogP contribution in [0.4, 0.5) is 10.8 Å². The lowest BCUT2D eigenvalue weighted by Crippen LogP contribution is -2.43. The Kier molecular flexibility index (Phi) is 8.02. The summed E-state index contributed by atoms with van der Waals surface area (Å²) in [6.45, 7) is 5.91. The highest BCUT2D eigenvalue weighted by Crippen LogP contribution is 2.36. The molecule has 4 rings (SSSR count). The maximum atomic E-state index is 13.4. The van der Waals surface area contributed by atoms with Crippen LogP contribution in [0.5, 0.6) is 0 Å². The van der Waals surface area contributed by atoms with Gasteiger partial charge in [0.05, 0.1) is 33.4 Å². The molecule has 8 nitrogen and oxygen atoms in total. The van der Waals surface area contributed by atoms with Crippen molar-refractivity contribution in [1.82, 2.24) is 9.88 Å². The van der Waals surface area contributed by atoms with E-state index in [0.717, 1.165) is 28.9 Å². The highest BCUT2D eigenvalue weighted by molar-refractivity contribution is 7.23. The molecule has 0 N–H and O–H groups in total. The molecule has 1 amide bonds. The minimum absolute atomic E-state index is 0. The zero-order valence-electron chi connectivity index (χ0n) is 17.3. The fraction of sp³-hybridized carbons (Fsp3) is 0.333. The number of thiazole rings is 1. The largest absolute Gasteiger partial charge is 0.379 e. The van der Waals surface area contributed by atoms with Crippen molar-refractivity contribution < 1.29 is 14.5 Å². The van der Waals surface area contributed by atoms with Crippen LogP contribution in [0.1, 0.15) is 15.9 Å². The minimum atomic E-state index is -0.504. The van der Waals surface area contributed by atoms with E-state index in [-0.39, 0.29) is 29.6 Å². The van der Waals surface area contributed by atoms with Crippen molar-refractivity contribution in [3.8, 4) is 0 Å². The van der Waals surface area contributed by atoms with E-state index in [9.17, 15) is 14.9 Å². The molecule has 0 atom stereocenters. The van der Waals surface area contributed by atoms with Gasteiger partial charge in [-0.25, -0.2) is 4.98 Å². The van der Waals surface area contributed by atoms with Crippen LogP contribution >= 0.6 is 35.3 Å². The molecule has 3 aromatic rings. The van der Waals surface area contributed by atoms with Crippen molar-refractivity contribution in [2.45, 2.75) is 6.92 Å². The van der Waals surface area contributed by atoms with Gasteiger partial charge in [-0.1, -0.05) is 35.1 Å². The van der Waals surface area contributed by atoms with Gasteiger partial charge in [0, 0.05) is 43.9 Å². The molecule has 1 aromatic heterocycles. The van der Waals surface area contributed by atoms with Crippen LogP contribution < -0.4 is 4.90 Å². The van der Waals surface area contributed by atoms with Gasteiger partial charge >= 0.3 is 0 Å². The van der Waals surface area contributed by atoms with Crippen LogP contribution in [0.15, 0.2) is 36.4 Å². The molecule has 1 aliphatic heterocycles. The van der Waals surface area contributed by atoms with Crippen LogP contribution in [0, 0.1) is 17.0 Å². The van der Waals surface area contributed by atoms with Crippen LogP contribution in [-0.2, 0) is 4.74 Å². The Labute approximate surface area is 200 Å². The molecule has 1 saturated heterocycles. The van der Waals surface area contributed by atoms with E-state index >= 15 is 0 Å². The van der Waals surface area contributed by atoms with Gasteiger partial charge in [0.15, 0.2) is 5.13 Å². The first-order valence-corrected chi connectivity index (χ1v) is 11.1. The van der Waals surface area contributed by atoms with Crippen molar-refractivity contribution in [3.63, 3.8) is 0 Å². The summed E-state index contributed by atoms with van der Waals surface area (Å²) in [6, 6.07) is 9.50. The molecule has 0 aliphatic carbocycles. The number of amides is 1. The predicted octanol–water partition coefficient (Wildman–Crippen LogP) is 4.57. The molecular weight excluding hydrogens is 475 g/mol. The normalized spacial score (nSPS) is 14.2. The molecule has 2 aromatic carbocycles. The predicted molar refractivity (Wildman–Crippen MR) is 129 cm³/mol. The number of carbonyl (C=O) groups is 1. The highest BCUT2D eigenvalue weighted by atomic mass is 35.5. The van der Waals surface area contributed by atoms with E-state index < -0.39 is 4.92 Å². The average molecular weight is 497 g/mol. The first kappa shape index (κ1) is 24.3. The number of hydrogen-bond donors (Lipinski definition) is 0. The van der Waals surface area contributed by atoms with Crippen LogP contribution in [0.25, 0.3) is 10.2 Å². The Balaban J connectivity index is 0.00000289. The second-order valence-corrected chi connectivity index (χ2v) is 8.64. The standard InChI is InChI=1S/C21H21ClN4O4S.ClH/c1-14-5-6-17(22)19-18(14)23-21(31-19)25(8-7-24-9-11-30-12-10-24)20(27)15-3-2-4-16(13-15)26(28)29;/h2-6,13H,7-12H2,1H3;1H. The summed E-state index contributed by atoms with van der Waals surface area (Å²) in [6.07, 6.45) is 0. The summed E-state index contributed by atoms with van der Waals surface area (Å²) >= 11 is 7.72. The van der Waals surface area contributed by atoms with E-state index in [1.807, 2.05) is 19.1 Å². The number of nitrogens with zero attached hydrogens (tertiary/aromatic N) is 4. The Bertz CT molecular complexity index is 1100. The van der Waals surface area contributed by atoms with E-state index in [1.54, 1.807) is 11.0 Å². The zero-order valence-corrected chi connectivity index (χ0v) is 19.7. The van der Waals surface area contributed by atoms with Crippen molar-refractivity contribution in [2.75, 3.05) is 44.3 Å². The molecule has 0 radical (unpaired) electrons. The number of fused-ring (bicyclic) bond motifs is 1. The van der Waals surface area contributed by atoms with E-state index in [2.05, 4.69) is 4.90 Å². The van der Waals surface area contributed by atoms with Crippen molar-refractivity contribution >= 4 is 62.3 Å². The molecule has 1 aliphatic rings. The molecule has 0 bridgehead atoms. The van der Waals surface area contributed by atoms with Gasteiger partial charge in [0.1, 0.15) is 0 Å².